The molecular weight excluding hydrogens is 240 g/mol. The van der Waals surface area contributed by atoms with Crippen LogP contribution in [0.1, 0.15) is 6.92 Å². The normalized spacial score (nSPS) is 17.3. The smallest absolute Gasteiger partial charge is 0.303 e. The van der Waals surface area contributed by atoms with Crippen molar-refractivity contribution >= 4 is 11.6 Å². The van der Waals surface area contributed by atoms with Gasteiger partial charge in [-0.05, 0) is 39.1 Å². The van der Waals surface area contributed by atoms with Crippen LogP contribution in [0.2, 0.25) is 0 Å². The lowest BCUT2D eigenvalue weighted by Crippen LogP contribution is -2.47. The molecule has 1 aliphatic heterocycles. The predicted octanol–water partition coefficient (Wildman–Crippen LogP) is 1.37. The Morgan fingerprint density at radius 1 is 1.47 bits per heavy atom. The first-order valence-corrected chi connectivity index (χ1v) is 6.26. The topological polar surface area (TPSA) is 32.8 Å². The van der Waals surface area contributed by atoms with Gasteiger partial charge >= 0.3 is 5.91 Å². The van der Waals surface area contributed by atoms with E-state index < -0.39 is 0 Å². The third kappa shape index (κ3) is 3.07. The van der Waals surface area contributed by atoms with Gasteiger partial charge in [-0.25, -0.2) is 0 Å². The largest absolute Gasteiger partial charge is 0.485 e. The lowest BCUT2D eigenvalue weighted by atomic mass is 10.1. The fourth-order valence-corrected chi connectivity index (χ4v) is 2.17. The van der Waals surface area contributed by atoms with Crippen LogP contribution in [-0.2, 0) is 4.79 Å². The van der Waals surface area contributed by atoms with E-state index in [2.05, 4.69) is 11.8 Å². The Hall–Kier alpha value is -1.99. The van der Waals surface area contributed by atoms with Gasteiger partial charge in [0.1, 0.15) is 11.9 Å². The molecule has 1 unspecified atom stereocenters. The van der Waals surface area contributed by atoms with E-state index in [1.807, 2.05) is 43.3 Å². The summed E-state index contributed by atoms with van der Waals surface area (Å²) in [7, 11) is 3.98. The van der Waals surface area contributed by atoms with Crippen LogP contribution >= 0.6 is 0 Å². The molecule has 4 heteroatoms. The first-order valence-electron chi connectivity index (χ1n) is 6.26. The third-order valence-corrected chi connectivity index (χ3v) is 2.88. The average molecular weight is 258 g/mol. The van der Waals surface area contributed by atoms with E-state index in [-0.39, 0.29) is 12.0 Å². The molecule has 2 rings (SSSR count). The molecule has 100 valence electrons. The van der Waals surface area contributed by atoms with Crippen molar-refractivity contribution in [2.24, 2.45) is 0 Å². The van der Waals surface area contributed by atoms with Crippen LogP contribution in [0.5, 0.6) is 5.75 Å². The second-order valence-corrected chi connectivity index (χ2v) is 4.76. The molecule has 1 amide bonds. The number of carbonyl (C=O) groups is 1. The number of carbonyl (C=O) groups excluding carboxylic acids is 1. The molecule has 0 aliphatic carbocycles. The molecule has 0 fully saturated rings. The number of benzene rings is 1. The fraction of sp³-hybridized carbons (Fsp3) is 0.400. The van der Waals surface area contributed by atoms with Crippen LogP contribution in [-0.4, -0.2) is 44.1 Å². The first kappa shape index (κ1) is 13.4. The first-order chi connectivity index (χ1) is 9.11. The fourth-order valence-electron chi connectivity index (χ4n) is 2.17. The number of nitrogens with zero attached hydrogens (tertiary/aromatic N) is 2. The van der Waals surface area contributed by atoms with Crippen molar-refractivity contribution in [2.75, 3.05) is 32.1 Å². The number of fused-ring (bicyclic) bond motifs is 1. The second-order valence-electron chi connectivity index (χ2n) is 4.76. The van der Waals surface area contributed by atoms with Gasteiger partial charge in [0.05, 0.1) is 12.2 Å². The molecular formula is C15H18N2O2. The summed E-state index contributed by atoms with van der Waals surface area (Å²) in [6.45, 7) is 2.96. The number of hydrogen-bond donors (Lipinski definition) is 0. The number of anilines is 1. The van der Waals surface area contributed by atoms with Crippen LogP contribution in [0.25, 0.3) is 0 Å². The zero-order chi connectivity index (χ0) is 13.8. The zero-order valence-electron chi connectivity index (χ0n) is 11.5. The Morgan fingerprint density at radius 2 is 2.21 bits per heavy atom. The highest BCUT2D eigenvalue weighted by atomic mass is 16.5. The maximum atomic E-state index is 12.1. The number of hydrogen-bond acceptors (Lipinski definition) is 3. The van der Waals surface area contributed by atoms with Crippen LogP contribution in [0.15, 0.2) is 24.3 Å². The molecule has 4 nitrogen and oxygen atoms in total. The monoisotopic (exact) mass is 258 g/mol. The summed E-state index contributed by atoms with van der Waals surface area (Å²) < 4.78 is 5.92. The summed E-state index contributed by atoms with van der Waals surface area (Å²) in [5.74, 6) is 5.82. The molecule has 19 heavy (non-hydrogen) atoms. The lowest BCUT2D eigenvalue weighted by Gasteiger charge is -2.35. The van der Waals surface area contributed by atoms with Crippen molar-refractivity contribution in [3.8, 4) is 17.6 Å². The molecule has 0 saturated carbocycles. The summed E-state index contributed by atoms with van der Waals surface area (Å²) in [6.07, 6.45) is -0.0347. The highest BCUT2D eigenvalue weighted by molar-refractivity contribution is 6.06. The number of rotatable bonds is 2. The van der Waals surface area contributed by atoms with Gasteiger partial charge in [-0.1, -0.05) is 18.1 Å². The van der Waals surface area contributed by atoms with Gasteiger partial charge in [0.25, 0.3) is 0 Å². The SMILES string of the molecule is CC#CC(=O)N1CC(CN(C)C)Oc2ccccc21. The number of ether oxygens (including phenoxy) is 1. The van der Waals surface area contributed by atoms with Gasteiger partial charge in [0.2, 0.25) is 0 Å². The van der Waals surface area contributed by atoms with E-state index >= 15 is 0 Å². The minimum atomic E-state index is -0.179. The molecule has 0 aromatic heterocycles. The van der Waals surface area contributed by atoms with Crippen molar-refractivity contribution in [3.05, 3.63) is 24.3 Å². The summed E-state index contributed by atoms with van der Waals surface area (Å²) in [6, 6.07) is 7.58. The third-order valence-electron chi connectivity index (χ3n) is 2.88. The Kier molecular flexibility index (Phi) is 4.08. The van der Waals surface area contributed by atoms with Crippen LogP contribution in [0, 0.1) is 11.8 Å². The Bertz CT molecular complexity index is 528. The molecule has 1 atom stereocenters. The molecule has 0 bridgehead atoms. The van der Waals surface area contributed by atoms with E-state index in [0.717, 1.165) is 18.0 Å². The second kappa shape index (κ2) is 5.77. The number of amides is 1. The molecule has 1 heterocycles. The van der Waals surface area contributed by atoms with Gasteiger partial charge in [0.15, 0.2) is 0 Å². The standard InChI is InChI=1S/C15H18N2O2/c1-4-7-15(18)17-11-12(10-16(2)3)19-14-9-6-5-8-13(14)17/h5-6,8-9,12H,10-11H2,1-3H3. The Labute approximate surface area is 114 Å². The van der Waals surface area contributed by atoms with Gasteiger partial charge < -0.3 is 9.64 Å². The minimum Gasteiger partial charge on any atom is -0.485 e. The lowest BCUT2D eigenvalue weighted by molar-refractivity contribution is -0.113. The Balaban J connectivity index is 2.30. The van der Waals surface area contributed by atoms with Crippen molar-refractivity contribution in [3.63, 3.8) is 0 Å². The van der Waals surface area contributed by atoms with E-state index in [0.29, 0.717) is 6.54 Å². The van der Waals surface area contributed by atoms with Gasteiger partial charge in [0, 0.05) is 6.54 Å². The van der Waals surface area contributed by atoms with E-state index in [4.69, 9.17) is 4.74 Å². The molecule has 1 aromatic rings. The maximum absolute atomic E-state index is 12.1. The van der Waals surface area contributed by atoms with E-state index in [9.17, 15) is 4.79 Å². The quantitative estimate of drug-likeness (QED) is 0.751. The molecule has 0 radical (unpaired) electrons. The van der Waals surface area contributed by atoms with Gasteiger partial charge in [-0.3, -0.25) is 9.69 Å². The summed E-state index contributed by atoms with van der Waals surface area (Å²) >= 11 is 0. The maximum Gasteiger partial charge on any atom is 0.303 e. The minimum absolute atomic E-state index is 0.0347. The van der Waals surface area contributed by atoms with Crippen LogP contribution in [0.4, 0.5) is 5.69 Å². The summed E-state index contributed by atoms with van der Waals surface area (Å²) in [5.41, 5.74) is 0.797. The van der Waals surface area contributed by atoms with Gasteiger partial charge in [-0.2, -0.15) is 0 Å². The molecule has 1 aromatic carbocycles. The highest BCUT2D eigenvalue weighted by Gasteiger charge is 2.29. The number of likely N-dealkylation sites (N-methyl/N-ethyl adjacent to an activating group) is 1. The van der Waals surface area contributed by atoms with Crippen molar-refractivity contribution < 1.29 is 9.53 Å². The molecule has 0 spiro atoms. The molecule has 1 aliphatic rings. The molecule has 0 N–H and O–H groups in total. The molecule has 0 saturated heterocycles. The van der Waals surface area contributed by atoms with E-state index in [1.165, 1.54) is 0 Å². The average Bonchev–Trinajstić information content (AvgIpc) is 2.37. The van der Waals surface area contributed by atoms with E-state index in [1.54, 1.807) is 11.8 Å². The van der Waals surface area contributed by atoms with Gasteiger partial charge in [-0.15, -0.1) is 0 Å². The van der Waals surface area contributed by atoms with Crippen molar-refractivity contribution in [1.82, 2.24) is 4.90 Å². The zero-order valence-corrected chi connectivity index (χ0v) is 11.5. The predicted molar refractivity (Wildman–Crippen MR) is 75.2 cm³/mol. The number of para-hydroxylation sites is 2. The van der Waals surface area contributed by atoms with Crippen molar-refractivity contribution in [2.45, 2.75) is 13.0 Å². The highest BCUT2D eigenvalue weighted by Crippen LogP contribution is 2.33. The summed E-state index contributed by atoms with van der Waals surface area (Å²) in [4.78, 5) is 15.8. The van der Waals surface area contributed by atoms with Crippen molar-refractivity contribution in [1.29, 1.82) is 0 Å². The summed E-state index contributed by atoms with van der Waals surface area (Å²) in [5, 5.41) is 0. The Morgan fingerprint density at radius 3 is 2.89 bits per heavy atom. The van der Waals surface area contributed by atoms with Crippen LogP contribution in [0.3, 0.4) is 0 Å². The van der Waals surface area contributed by atoms with Crippen LogP contribution < -0.4 is 9.64 Å².